The average molecular weight is 682 g/mol. The van der Waals surface area contributed by atoms with Crippen LogP contribution in [-0.2, 0) is 9.53 Å². The summed E-state index contributed by atoms with van der Waals surface area (Å²) in [5.74, 6) is 0.335. The van der Waals surface area contributed by atoms with Crippen molar-refractivity contribution < 1.29 is 45.0 Å². The van der Waals surface area contributed by atoms with Gasteiger partial charge in [0.05, 0.1) is 23.5 Å². The topological polar surface area (TPSA) is 234 Å². The second-order valence-corrected chi connectivity index (χ2v) is 11.9. The fourth-order valence-corrected chi connectivity index (χ4v) is 5.68. The molecule has 2 fully saturated rings. The Morgan fingerprint density at radius 1 is 1.07 bits per heavy atom. The number of aliphatic hydroxyl groups is 5. The molecule has 2 saturated heterocycles. The molecule has 16 nitrogen and oxygen atoms in total. The molecular weight excluding hydrogens is 646 g/mol. The number of piperazine rings is 1. The van der Waals surface area contributed by atoms with Crippen LogP contribution in [0.1, 0.15) is 21.1 Å². The molecule has 0 saturated carbocycles. The standard InChI is InChI=1S/C22H26ClN7O2S.C6H10O7/c1-14-4-3-5-16(23)20(14)28-21(32)17-13-24-22(33-17)27-18-12-19(26-15(2)25-18)30-8-6-29(7-9-30)10-11-31;7-1-2(8)4(5(10)11)13-6(12)3(1)9/h3-5,12-13,31H,6-11H2,1-2H3,(H,28,32)(H,24,25,26,27);1-4,6-9,12H,(H,10,11)/t;1-,2-,3+,4-,6?/m.0/s1. The van der Waals surface area contributed by atoms with Crippen LogP contribution >= 0.6 is 22.9 Å². The van der Waals surface area contributed by atoms with Gasteiger partial charge in [-0.25, -0.2) is 19.7 Å². The summed E-state index contributed by atoms with van der Waals surface area (Å²) in [7, 11) is 0. The molecule has 0 bridgehead atoms. The first kappa shape index (κ1) is 35.3. The van der Waals surface area contributed by atoms with E-state index in [0.29, 0.717) is 38.9 Å². The SMILES string of the molecule is Cc1nc(Nc2ncc(C(=O)Nc3c(C)cccc3Cl)s2)cc(N2CCN(CCO)CC2)n1.O=C(O)[C@H]1OC(O)[C@H](O)[C@@H](O)[C@@H]1O. The number of nitrogens with zero attached hydrogens (tertiary/aromatic N) is 5. The third-order valence-electron chi connectivity index (χ3n) is 7.19. The molecule has 0 spiro atoms. The van der Waals surface area contributed by atoms with Crippen molar-refractivity contribution in [1.29, 1.82) is 0 Å². The number of thiazole rings is 1. The zero-order chi connectivity index (χ0) is 33.5. The van der Waals surface area contributed by atoms with E-state index in [4.69, 9.17) is 42.2 Å². The van der Waals surface area contributed by atoms with Crippen molar-refractivity contribution in [3.8, 4) is 0 Å². The normalized spacial score (nSPS) is 23.3. The molecule has 5 atom stereocenters. The summed E-state index contributed by atoms with van der Waals surface area (Å²) in [4.78, 5) is 41.3. The van der Waals surface area contributed by atoms with E-state index in [1.54, 1.807) is 6.07 Å². The number of nitrogens with one attached hydrogen (secondary N) is 2. The molecule has 18 heteroatoms. The minimum atomic E-state index is -1.81. The van der Waals surface area contributed by atoms with E-state index < -0.39 is 36.7 Å². The second kappa shape index (κ2) is 15.9. The molecule has 3 aromatic rings. The molecule has 2 aromatic heterocycles. The number of hydrogen-bond acceptors (Lipinski definition) is 15. The predicted octanol–water partition coefficient (Wildman–Crippen LogP) is 0.184. The Morgan fingerprint density at radius 3 is 2.43 bits per heavy atom. The second-order valence-electron chi connectivity index (χ2n) is 10.5. The highest BCUT2D eigenvalue weighted by atomic mass is 35.5. The van der Waals surface area contributed by atoms with E-state index in [1.165, 1.54) is 17.5 Å². The number of carbonyl (C=O) groups excluding carboxylic acids is 1. The van der Waals surface area contributed by atoms with E-state index in [0.717, 1.165) is 37.6 Å². The number of anilines is 4. The maximum absolute atomic E-state index is 12.7. The Hall–Kier alpha value is -3.52. The molecule has 250 valence electrons. The van der Waals surface area contributed by atoms with Crippen LogP contribution in [0.15, 0.2) is 30.5 Å². The third kappa shape index (κ3) is 8.84. The van der Waals surface area contributed by atoms with Gasteiger partial charge in [0, 0.05) is 38.8 Å². The number of aryl methyl sites for hydroxylation is 2. The van der Waals surface area contributed by atoms with Gasteiger partial charge in [0.1, 0.15) is 40.6 Å². The number of aliphatic carboxylic acids is 1. The van der Waals surface area contributed by atoms with Gasteiger partial charge in [-0.1, -0.05) is 35.1 Å². The number of aromatic nitrogens is 3. The first-order valence-electron chi connectivity index (χ1n) is 14.2. The number of halogens is 1. The summed E-state index contributed by atoms with van der Waals surface area (Å²) in [6.45, 7) is 8.03. The number of carbonyl (C=O) groups is 2. The van der Waals surface area contributed by atoms with E-state index in [9.17, 15) is 9.59 Å². The fourth-order valence-electron chi connectivity index (χ4n) is 4.70. The molecule has 1 amide bonds. The fraction of sp³-hybridized carbons (Fsp3) is 0.464. The lowest BCUT2D eigenvalue weighted by Gasteiger charge is -2.36. The Morgan fingerprint density at radius 2 is 1.78 bits per heavy atom. The lowest BCUT2D eigenvalue weighted by molar-refractivity contribution is -0.279. The van der Waals surface area contributed by atoms with E-state index in [2.05, 4.69) is 40.1 Å². The quantitative estimate of drug-likeness (QED) is 0.158. The van der Waals surface area contributed by atoms with Gasteiger partial charge in [0.15, 0.2) is 17.5 Å². The van der Waals surface area contributed by atoms with Crippen LogP contribution in [0.5, 0.6) is 0 Å². The van der Waals surface area contributed by atoms with Gasteiger partial charge >= 0.3 is 5.97 Å². The van der Waals surface area contributed by atoms with Gasteiger partial charge in [-0.2, -0.15) is 0 Å². The summed E-state index contributed by atoms with van der Waals surface area (Å²) in [5.41, 5.74) is 1.49. The lowest BCUT2D eigenvalue weighted by atomic mass is 9.99. The summed E-state index contributed by atoms with van der Waals surface area (Å²) in [6.07, 6.45) is -7.19. The zero-order valence-electron chi connectivity index (χ0n) is 24.9. The monoisotopic (exact) mass is 681 g/mol. The third-order valence-corrected chi connectivity index (χ3v) is 8.42. The van der Waals surface area contributed by atoms with Gasteiger partial charge in [-0.05, 0) is 25.5 Å². The average Bonchev–Trinajstić information content (AvgIpc) is 3.49. The van der Waals surface area contributed by atoms with Gasteiger partial charge in [-0.15, -0.1) is 0 Å². The molecule has 2 aliphatic heterocycles. The van der Waals surface area contributed by atoms with E-state index in [1.807, 2.05) is 32.0 Å². The van der Waals surface area contributed by atoms with Crippen LogP contribution in [-0.4, -0.2) is 132 Å². The number of carboxylic acids is 1. The van der Waals surface area contributed by atoms with Crippen molar-refractivity contribution in [2.24, 2.45) is 0 Å². The Balaban J connectivity index is 0.000000310. The molecular formula is C28H36ClN7O9S. The molecule has 0 radical (unpaired) electrons. The number of carboxylic acid groups (broad SMARTS) is 1. The number of rotatable bonds is 8. The minimum Gasteiger partial charge on any atom is -0.479 e. The number of benzene rings is 1. The first-order valence-corrected chi connectivity index (χ1v) is 15.4. The summed E-state index contributed by atoms with van der Waals surface area (Å²) < 4.78 is 4.34. The highest BCUT2D eigenvalue weighted by Crippen LogP contribution is 2.28. The molecule has 0 aliphatic carbocycles. The van der Waals surface area contributed by atoms with Crippen LogP contribution < -0.4 is 15.5 Å². The van der Waals surface area contributed by atoms with Crippen molar-refractivity contribution in [2.75, 3.05) is 54.9 Å². The molecule has 1 aromatic carbocycles. The van der Waals surface area contributed by atoms with Crippen LogP contribution in [0.4, 0.5) is 22.5 Å². The van der Waals surface area contributed by atoms with Crippen molar-refractivity contribution in [1.82, 2.24) is 19.9 Å². The molecule has 8 N–H and O–H groups in total. The molecule has 46 heavy (non-hydrogen) atoms. The van der Waals surface area contributed by atoms with Crippen molar-refractivity contribution in [3.05, 3.63) is 51.7 Å². The Bertz CT molecular complexity index is 1490. The predicted molar refractivity (Wildman–Crippen MR) is 169 cm³/mol. The molecule has 5 rings (SSSR count). The van der Waals surface area contributed by atoms with Gasteiger partial charge < -0.3 is 50.9 Å². The van der Waals surface area contributed by atoms with Gasteiger partial charge in [0.2, 0.25) is 0 Å². The number of ether oxygens (including phenoxy) is 1. The minimum absolute atomic E-state index is 0.173. The Kier molecular flexibility index (Phi) is 12.2. The highest BCUT2D eigenvalue weighted by molar-refractivity contribution is 7.17. The number of amides is 1. The lowest BCUT2D eigenvalue weighted by Crippen LogP contribution is -2.59. The molecule has 1 unspecified atom stereocenters. The Labute approximate surface area is 272 Å². The first-order chi connectivity index (χ1) is 21.9. The van der Waals surface area contributed by atoms with Gasteiger partial charge in [-0.3, -0.25) is 9.69 Å². The summed E-state index contributed by atoms with van der Waals surface area (Å²) in [5, 5.41) is 60.6. The number of β-amino-alcohol motifs (C(OH)–C–C–N with tert-alkyl or cyclic N) is 1. The van der Waals surface area contributed by atoms with Crippen LogP contribution in [0.3, 0.4) is 0 Å². The van der Waals surface area contributed by atoms with Gasteiger partial charge in [0.25, 0.3) is 5.91 Å². The maximum atomic E-state index is 12.7. The molecule has 4 heterocycles. The van der Waals surface area contributed by atoms with Crippen LogP contribution in [0, 0.1) is 13.8 Å². The number of aliphatic hydroxyl groups excluding tert-OH is 5. The summed E-state index contributed by atoms with van der Waals surface area (Å²) >= 11 is 7.46. The summed E-state index contributed by atoms with van der Waals surface area (Å²) in [6, 6.07) is 7.37. The smallest absolute Gasteiger partial charge is 0.335 e. The largest absolute Gasteiger partial charge is 0.479 e. The van der Waals surface area contributed by atoms with Crippen molar-refractivity contribution in [3.63, 3.8) is 0 Å². The number of para-hydroxylation sites is 1. The van der Waals surface area contributed by atoms with E-state index >= 15 is 0 Å². The van der Waals surface area contributed by atoms with Crippen molar-refractivity contribution >= 4 is 57.3 Å². The van der Waals surface area contributed by atoms with Crippen LogP contribution in [0.2, 0.25) is 5.02 Å². The molecule has 2 aliphatic rings. The van der Waals surface area contributed by atoms with Crippen molar-refractivity contribution in [2.45, 2.75) is 44.6 Å². The zero-order valence-corrected chi connectivity index (χ0v) is 26.5. The van der Waals surface area contributed by atoms with E-state index in [-0.39, 0.29) is 12.5 Å². The highest BCUT2D eigenvalue weighted by Gasteiger charge is 2.46. The maximum Gasteiger partial charge on any atom is 0.335 e. The van der Waals surface area contributed by atoms with Crippen LogP contribution in [0.25, 0.3) is 0 Å². The number of hydrogen-bond donors (Lipinski definition) is 8.